The van der Waals surface area contributed by atoms with Crippen molar-refractivity contribution in [3.8, 4) is 0 Å². The smallest absolute Gasteiger partial charge is 0.233 e. The van der Waals surface area contributed by atoms with E-state index in [1.807, 2.05) is 0 Å². The second-order valence-corrected chi connectivity index (χ2v) is 3.51. The predicted octanol–water partition coefficient (Wildman–Crippen LogP) is -0.374. The molecule has 1 amide bonds. The molecule has 0 bridgehead atoms. The highest BCUT2D eigenvalue weighted by molar-refractivity contribution is 5.85. The van der Waals surface area contributed by atoms with Crippen LogP contribution in [0.3, 0.4) is 0 Å². The van der Waals surface area contributed by atoms with Gasteiger partial charge in [0.25, 0.3) is 0 Å². The van der Waals surface area contributed by atoms with Crippen LogP contribution in [-0.4, -0.2) is 56.2 Å². The number of amides is 1. The lowest BCUT2D eigenvalue weighted by atomic mass is 10.2. The third kappa shape index (κ3) is 6.50. The molecule has 0 aromatic heterocycles. The van der Waals surface area contributed by atoms with E-state index in [1.165, 1.54) is 0 Å². The largest absolute Gasteiger partial charge is 0.379 e. The molecule has 0 aliphatic carbocycles. The van der Waals surface area contributed by atoms with E-state index in [9.17, 15) is 4.79 Å². The van der Waals surface area contributed by atoms with E-state index < -0.39 is 0 Å². The molecular formula is C9H21Cl2N3O2. The number of nitrogens with two attached hydrogens (primary N) is 1. The van der Waals surface area contributed by atoms with E-state index in [0.717, 1.165) is 26.3 Å². The van der Waals surface area contributed by atoms with Crippen molar-refractivity contribution in [1.29, 1.82) is 0 Å². The fraction of sp³-hybridized carbons (Fsp3) is 0.889. The number of hydrogen-bond acceptors (Lipinski definition) is 4. The fourth-order valence-corrected chi connectivity index (χ4v) is 1.48. The monoisotopic (exact) mass is 273 g/mol. The second-order valence-electron chi connectivity index (χ2n) is 3.51. The highest BCUT2D eigenvalue weighted by Gasteiger charge is 2.16. The molecule has 5 nitrogen and oxygen atoms in total. The zero-order chi connectivity index (χ0) is 10.4. The summed E-state index contributed by atoms with van der Waals surface area (Å²) in [4.78, 5) is 13.2. The van der Waals surface area contributed by atoms with Gasteiger partial charge in [-0.1, -0.05) is 0 Å². The first kappa shape index (κ1) is 18.3. The molecule has 0 radical (unpaired) electrons. The van der Waals surface area contributed by atoms with Gasteiger partial charge in [0, 0.05) is 25.7 Å². The van der Waals surface area contributed by atoms with Gasteiger partial charge in [0.2, 0.25) is 5.91 Å². The van der Waals surface area contributed by atoms with Crippen LogP contribution in [0.5, 0.6) is 0 Å². The quantitative estimate of drug-likeness (QED) is 0.733. The number of halogens is 2. The molecule has 0 saturated carbocycles. The Morgan fingerprint density at radius 1 is 1.44 bits per heavy atom. The fourth-order valence-electron chi connectivity index (χ4n) is 1.48. The highest BCUT2D eigenvalue weighted by Crippen LogP contribution is 2.02. The lowest BCUT2D eigenvalue weighted by Crippen LogP contribution is -2.48. The summed E-state index contributed by atoms with van der Waals surface area (Å²) in [6, 6.07) is 0.356. The average Bonchev–Trinajstić information content (AvgIpc) is 2.26. The maximum Gasteiger partial charge on any atom is 0.233 e. The van der Waals surface area contributed by atoms with Gasteiger partial charge in [-0.15, -0.1) is 24.8 Å². The Labute approximate surface area is 109 Å². The molecule has 1 heterocycles. The molecule has 98 valence electrons. The number of nitrogens with zero attached hydrogens (tertiary/aromatic N) is 1. The van der Waals surface area contributed by atoms with Gasteiger partial charge in [-0.25, -0.2) is 0 Å². The van der Waals surface area contributed by atoms with Crippen molar-refractivity contribution in [3.05, 3.63) is 0 Å². The van der Waals surface area contributed by atoms with Gasteiger partial charge in [0.05, 0.1) is 19.8 Å². The Morgan fingerprint density at radius 2 is 2.00 bits per heavy atom. The number of hydrogen-bond donors (Lipinski definition) is 2. The van der Waals surface area contributed by atoms with E-state index in [-0.39, 0.29) is 37.3 Å². The van der Waals surface area contributed by atoms with E-state index in [4.69, 9.17) is 10.5 Å². The van der Waals surface area contributed by atoms with E-state index in [2.05, 4.69) is 17.1 Å². The van der Waals surface area contributed by atoms with E-state index in [0.29, 0.717) is 12.6 Å². The van der Waals surface area contributed by atoms with Gasteiger partial charge in [-0.05, 0) is 6.92 Å². The number of ether oxygens (including phenoxy) is 1. The molecule has 1 saturated heterocycles. The maximum absolute atomic E-state index is 10.9. The summed E-state index contributed by atoms with van der Waals surface area (Å²) in [5.74, 6) is -0.0925. The minimum Gasteiger partial charge on any atom is -0.379 e. The summed E-state index contributed by atoms with van der Waals surface area (Å²) < 4.78 is 5.25. The first-order valence-electron chi connectivity index (χ1n) is 5.02. The number of carbonyl (C=O) groups is 1. The molecule has 0 aromatic carbocycles. The summed E-state index contributed by atoms with van der Waals surface area (Å²) in [6.07, 6.45) is 0. The zero-order valence-electron chi connectivity index (χ0n) is 9.48. The van der Waals surface area contributed by atoms with Crippen molar-refractivity contribution in [2.45, 2.75) is 13.0 Å². The molecule has 3 N–H and O–H groups in total. The van der Waals surface area contributed by atoms with Crippen molar-refractivity contribution in [2.75, 3.05) is 39.4 Å². The van der Waals surface area contributed by atoms with Crippen LogP contribution in [0.1, 0.15) is 6.92 Å². The molecule has 0 aromatic rings. The normalized spacial score (nSPS) is 17.9. The summed E-state index contributed by atoms with van der Waals surface area (Å²) in [5.41, 5.74) is 5.19. The Morgan fingerprint density at radius 3 is 2.50 bits per heavy atom. The Hall–Kier alpha value is -0.0700. The van der Waals surface area contributed by atoms with Crippen molar-refractivity contribution < 1.29 is 9.53 Å². The average molecular weight is 274 g/mol. The Balaban J connectivity index is 0. The molecule has 1 fully saturated rings. The van der Waals surface area contributed by atoms with Gasteiger partial charge in [-0.3, -0.25) is 9.69 Å². The maximum atomic E-state index is 10.9. The molecule has 0 spiro atoms. The summed E-state index contributed by atoms with van der Waals surface area (Å²) >= 11 is 0. The molecule has 1 rings (SSSR count). The van der Waals surface area contributed by atoms with Crippen LogP contribution >= 0.6 is 24.8 Å². The van der Waals surface area contributed by atoms with Crippen LogP contribution in [0.4, 0.5) is 0 Å². The third-order valence-electron chi connectivity index (χ3n) is 2.45. The summed E-state index contributed by atoms with van der Waals surface area (Å²) in [6.45, 7) is 6.29. The van der Waals surface area contributed by atoms with E-state index >= 15 is 0 Å². The van der Waals surface area contributed by atoms with Crippen LogP contribution in [-0.2, 0) is 9.53 Å². The minimum atomic E-state index is -0.0925. The number of morpholine rings is 1. The molecule has 1 unspecified atom stereocenters. The van der Waals surface area contributed by atoms with Crippen molar-refractivity contribution in [1.82, 2.24) is 10.2 Å². The zero-order valence-corrected chi connectivity index (χ0v) is 11.1. The number of nitrogens with one attached hydrogen (secondary N) is 1. The van der Waals surface area contributed by atoms with Crippen molar-refractivity contribution in [2.24, 2.45) is 5.73 Å². The van der Waals surface area contributed by atoms with Crippen LogP contribution in [0.15, 0.2) is 0 Å². The molecular weight excluding hydrogens is 253 g/mol. The molecule has 1 aliphatic heterocycles. The van der Waals surface area contributed by atoms with Gasteiger partial charge in [-0.2, -0.15) is 0 Å². The Kier molecular flexibility index (Phi) is 11.6. The lowest BCUT2D eigenvalue weighted by Gasteiger charge is -2.32. The van der Waals surface area contributed by atoms with Crippen LogP contribution < -0.4 is 11.1 Å². The topological polar surface area (TPSA) is 67.6 Å². The van der Waals surface area contributed by atoms with Gasteiger partial charge in [0.15, 0.2) is 0 Å². The van der Waals surface area contributed by atoms with Crippen LogP contribution in [0.25, 0.3) is 0 Å². The second kappa shape index (κ2) is 10.1. The van der Waals surface area contributed by atoms with Gasteiger partial charge >= 0.3 is 0 Å². The first-order valence-corrected chi connectivity index (χ1v) is 5.02. The Bertz CT molecular complexity index is 190. The third-order valence-corrected chi connectivity index (χ3v) is 2.45. The number of rotatable bonds is 4. The lowest BCUT2D eigenvalue weighted by molar-refractivity contribution is -0.120. The van der Waals surface area contributed by atoms with Gasteiger partial charge in [0.1, 0.15) is 0 Å². The first-order chi connectivity index (χ1) is 6.74. The highest BCUT2D eigenvalue weighted by atomic mass is 35.5. The van der Waals surface area contributed by atoms with Crippen molar-refractivity contribution >= 4 is 30.7 Å². The van der Waals surface area contributed by atoms with Crippen LogP contribution in [0, 0.1) is 0 Å². The van der Waals surface area contributed by atoms with Crippen molar-refractivity contribution in [3.63, 3.8) is 0 Å². The minimum absolute atomic E-state index is 0. The summed E-state index contributed by atoms with van der Waals surface area (Å²) in [7, 11) is 0. The van der Waals surface area contributed by atoms with Crippen LogP contribution in [0.2, 0.25) is 0 Å². The standard InChI is InChI=1S/C9H19N3O2.2ClH/c1-8(7-11-9(13)6-10)12-2-4-14-5-3-12;;/h8H,2-7,10H2,1H3,(H,11,13);2*1H. The van der Waals surface area contributed by atoms with E-state index in [1.54, 1.807) is 0 Å². The number of carbonyl (C=O) groups excluding carboxylic acids is 1. The molecule has 1 aliphatic rings. The summed E-state index contributed by atoms with van der Waals surface area (Å²) in [5, 5.41) is 2.78. The molecule has 1 atom stereocenters. The SMILES string of the molecule is CC(CNC(=O)CN)N1CCOCC1.Cl.Cl. The predicted molar refractivity (Wildman–Crippen MR) is 68.4 cm³/mol. The molecule has 7 heteroatoms. The molecule has 16 heavy (non-hydrogen) atoms. The van der Waals surface area contributed by atoms with Gasteiger partial charge < -0.3 is 15.8 Å².